The Morgan fingerprint density at radius 1 is 1.30 bits per heavy atom. The van der Waals surface area contributed by atoms with Gasteiger partial charge in [0.2, 0.25) is 0 Å². The summed E-state index contributed by atoms with van der Waals surface area (Å²) in [6.45, 7) is 4.20. The summed E-state index contributed by atoms with van der Waals surface area (Å²) < 4.78 is 10.6. The van der Waals surface area contributed by atoms with Gasteiger partial charge in [0.05, 0.1) is 19.9 Å². The van der Waals surface area contributed by atoms with Crippen molar-refractivity contribution in [2.45, 2.75) is 25.7 Å². The third-order valence-electron chi connectivity index (χ3n) is 4.49. The maximum absolute atomic E-state index is 12.9. The van der Waals surface area contributed by atoms with Gasteiger partial charge in [0.1, 0.15) is 11.5 Å². The van der Waals surface area contributed by atoms with Gasteiger partial charge >= 0.3 is 0 Å². The molecule has 27 heavy (non-hydrogen) atoms. The van der Waals surface area contributed by atoms with Crippen LogP contribution in [0.5, 0.6) is 11.5 Å². The third-order valence-corrected chi connectivity index (χ3v) is 5.67. The predicted octanol–water partition coefficient (Wildman–Crippen LogP) is 4.27. The molecule has 1 aliphatic carbocycles. The SMILES string of the molecule is C=CCN(C(=O)/C=C/c1cc(OC)ccc1OC)c1nc2c(s1)CCCC2. The van der Waals surface area contributed by atoms with Gasteiger partial charge in [-0.2, -0.15) is 0 Å². The molecule has 0 saturated carbocycles. The van der Waals surface area contributed by atoms with E-state index in [1.807, 2.05) is 18.2 Å². The molecule has 1 aliphatic rings. The molecule has 0 unspecified atom stereocenters. The molecule has 0 bridgehead atoms. The number of fused-ring (bicyclic) bond motifs is 1. The first-order valence-electron chi connectivity index (χ1n) is 8.97. The minimum absolute atomic E-state index is 0.133. The molecular weight excluding hydrogens is 360 g/mol. The number of thiazole rings is 1. The number of rotatable bonds is 7. The fourth-order valence-corrected chi connectivity index (χ4v) is 4.23. The Morgan fingerprint density at radius 3 is 2.81 bits per heavy atom. The zero-order valence-electron chi connectivity index (χ0n) is 15.7. The van der Waals surface area contributed by atoms with E-state index in [-0.39, 0.29) is 5.91 Å². The highest BCUT2D eigenvalue weighted by atomic mass is 32.1. The monoisotopic (exact) mass is 384 g/mol. The smallest absolute Gasteiger partial charge is 0.253 e. The fourth-order valence-electron chi connectivity index (χ4n) is 3.07. The number of methoxy groups -OCH3 is 2. The Kier molecular flexibility index (Phi) is 6.29. The van der Waals surface area contributed by atoms with E-state index in [1.165, 1.54) is 17.7 Å². The van der Waals surface area contributed by atoms with E-state index in [2.05, 4.69) is 6.58 Å². The molecule has 142 valence electrons. The Morgan fingerprint density at radius 2 is 2.11 bits per heavy atom. The van der Waals surface area contributed by atoms with Crippen LogP contribution >= 0.6 is 11.3 Å². The number of nitrogens with zero attached hydrogens (tertiary/aromatic N) is 2. The van der Waals surface area contributed by atoms with Crippen molar-refractivity contribution in [2.24, 2.45) is 0 Å². The second-order valence-corrected chi connectivity index (χ2v) is 7.31. The molecular formula is C21H24N2O3S. The van der Waals surface area contributed by atoms with Crippen LogP contribution in [0.2, 0.25) is 0 Å². The number of aromatic nitrogens is 1. The van der Waals surface area contributed by atoms with Crippen molar-refractivity contribution in [3.05, 3.63) is 53.1 Å². The van der Waals surface area contributed by atoms with Crippen LogP contribution in [0.3, 0.4) is 0 Å². The minimum atomic E-state index is -0.133. The van der Waals surface area contributed by atoms with Gasteiger partial charge in [0, 0.05) is 23.1 Å². The summed E-state index contributed by atoms with van der Waals surface area (Å²) in [6.07, 6.45) is 9.42. The van der Waals surface area contributed by atoms with Crippen LogP contribution in [0.15, 0.2) is 36.9 Å². The molecule has 0 fully saturated rings. The average Bonchev–Trinajstić information content (AvgIpc) is 3.13. The van der Waals surface area contributed by atoms with Gasteiger partial charge in [0.25, 0.3) is 5.91 Å². The van der Waals surface area contributed by atoms with Crippen LogP contribution in [-0.4, -0.2) is 31.7 Å². The molecule has 0 N–H and O–H groups in total. The highest BCUT2D eigenvalue weighted by molar-refractivity contribution is 7.16. The maximum atomic E-state index is 12.9. The second kappa shape index (κ2) is 8.86. The van der Waals surface area contributed by atoms with Crippen LogP contribution in [-0.2, 0) is 17.6 Å². The number of amides is 1. The van der Waals surface area contributed by atoms with Gasteiger partial charge in [-0.25, -0.2) is 4.98 Å². The van der Waals surface area contributed by atoms with Crippen LogP contribution in [0.1, 0.15) is 29.0 Å². The normalized spacial score (nSPS) is 13.3. The summed E-state index contributed by atoms with van der Waals surface area (Å²) in [5.41, 5.74) is 1.92. The standard InChI is InChI=1S/C21H24N2O3S/c1-4-13-23(21-22-17-7-5-6-8-19(17)27-21)20(24)12-9-15-14-16(25-2)10-11-18(15)26-3/h4,9-12,14H,1,5-8,13H2,2-3H3/b12-9+. The number of ether oxygens (including phenoxy) is 2. The first-order chi connectivity index (χ1) is 13.2. The lowest BCUT2D eigenvalue weighted by Crippen LogP contribution is -2.29. The molecule has 0 saturated heterocycles. The first-order valence-corrected chi connectivity index (χ1v) is 9.79. The molecule has 5 nitrogen and oxygen atoms in total. The molecule has 1 amide bonds. The van der Waals surface area contributed by atoms with Gasteiger partial charge < -0.3 is 9.47 Å². The molecule has 1 aromatic heterocycles. The van der Waals surface area contributed by atoms with Crippen molar-refractivity contribution in [3.8, 4) is 11.5 Å². The Hall–Kier alpha value is -2.60. The van der Waals surface area contributed by atoms with Gasteiger partial charge in [-0.15, -0.1) is 17.9 Å². The summed E-state index contributed by atoms with van der Waals surface area (Å²) in [5.74, 6) is 1.25. The number of hydrogen-bond donors (Lipinski definition) is 0. The zero-order chi connectivity index (χ0) is 19.2. The Labute approximate surface area is 163 Å². The number of anilines is 1. The molecule has 2 aromatic rings. The van der Waals surface area contributed by atoms with Crippen LogP contribution in [0.25, 0.3) is 6.08 Å². The number of carbonyl (C=O) groups is 1. The fraction of sp³-hybridized carbons (Fsp3) is 0.333. The van der Waals surface area contributed by atoms with Gasteiger partial charge in [-0.3, -0.25) is 9.69 Å². The summed E-state index contributed by atoms with van der Waals surface area (Å²) in [7, 11) is 3.21. The van der Waals surface area contributed by atoms with E-state index in [4.69, 9.17) is 14.5 Å². The predicted molar refractivity (Wildman–Crippen MR) is 110 cm³/mol. The lowest BCUT2D eigenvalue weighted by atomic mass is 10.0. The largest absolute Gasteiger partial charge is 0.497 e. The zero-order valence-corrected chi connectivity index (χ0v) is 16.6. The van der Waals surface area contributed by atoms with Crippen molar-refractivity contribution in [1.29, 1.82) is 0 Å². The Bertz CT molecular complexity index is 834. The van der Waals surface area contributed by atoms with Crippen LogP contribution in [0, 0.1) is 0 Å². The highest BCUT2D eigenvalue weighted by Crippen LogP contribution is 2.32. The van der Waals surface area contributed by atoms with E-state index in [0.717, 1.165) is 29.2 Å². The summed E-state index contributed by atoms with van der Waals surface area (Å²) >= 11 is 1.61. The quantitative estimate of drug-likeness (QED) is 0.528. The topological polar surface area (TPSA) is 51.7 Å². The van der Waals surface area contributed by atoms with Gasteiger partial charge in [-0.05, 0) is 50.0 Å². The summed E-state index contributed by atoms with van der Waals surface area (Å²) in [5, 5.41) is 0.744. The Balaban J connectivity index is 1.84. The third kappa shape index (κ3) is 4.39. The number of aryl methyl sites for hydroxylation is 2. The number of carbonyl (C=O) groups excluding carboxylic acids is 1. The second-order valence-electron chi connectivity index (χ2n) is 6.25. The molecule has 6 heteroatoms. The average molecular weight is 385 g/mol. The molecule has 0 radical (unpaired) electrons. The van der Waals surface area contributed by atoms with E-state index in [0.29, 0.717) is 18.0 Å². The molecule has 1 heterocycles. The number of hydrogen-bond acceptors (Lipinski definition) is 5. The lowest BCUT2D eigenvalue weighted by molar-refractivity contribution is -0.114. The van der Waals surface area contributed by atoms with Crippen LogP contribution < -0.4 is 14.4 Å². The minimum Gasteiger partial charge on any atom is -0.497 e. The molecule has 1 aromatic carbocycles. The molecule has 0 aliphatic heterocycles. The maximum Gasteiger partial charge on any atom is 0.253 e. The van der Waals surface area contributed by atoms with E-state index >= 15 is 0 Å². The molecule has 0 atom stereocenters. The first kappa shape index (κ1) is 19.2. The van der Waals surface area contributed by atoms with E-state index in [9.17, 15) is 4.79 Å². The van der Waals surface area contributed by atoms with Gasteiger partial charge in [-0.1, -0.05) is 6.08 Å². The van der Waals surface area contributed by atoms with Crippen molar-refractivity contribution in [2.75, 3.05) is 25.7 Å². The van der Waals surface area contributed by atoms with E-state index < -0.39 is 0 Å². The summed E-state index contributed by atoms with van der Waals surface area (Å²) in [6, 6.07) is 5.48. The van der Waals surface area contributed by atoms with Crippen molar-refractivity contribution >= 4 is 28.5 Å². The highest BCUT2D eigenvalue weighted by Gasteiger charge is 2.21. The summed E-state index contributed by atoms with van der Waals surface area (Å²) in [4.78, 5) is 20.5. The van der Waals surface area contributed by atoms with Gasteiger partial charge in [0.15, 0.2) is 5.13 Å². The van der Waals surface area contributed by atoms with Crippen molar-refractivity contribution in [1.82, 2.24) is 4.98 Å². The lowest BCUT2D eigenvalue weighted by Gasteiger charge is -2.16. The molecule has 3 rings (SSSR count). The molecule has 0 spiro atoms. The van der Waals surface area contributed by atoms with Crippen molar-refractivity contribution < 1.29 is 14.3 Å². The van der Waals surface area contributed by atoms with Crippen LogP contribution in [0.4, 0.5) is 5.13 Å². The van der Waals surface area contributed by atoms with Crippen molar-refractivity contribution in [3.63, 3.8) is 0 Å². The van der Waals surface area contributed by atoms with E-state index in [1.54, 1.807) is 48.7 Å². The number of benzene rings is 1.